The average Bonchev–Trinajstić information content (AvgIpc) is 2.49. The Hall–Kier alpha value is -2.74. The van der Waals surface area contributed by atoms with Crippen LogP contribution >= 0.6 is 0 Å². The molecule has 0 saturated carbocycles. The van der Waals surface area contributed by atoms with Gasteiger partial charge in [0.15, 0.2) is 0 Å². The highest BCUT2D eigenvalue weighted by Gasteiger charge is 2.12. The molecule has 3 aromatic rings. The fraction of sp³-hybridized carbons (Fsp3) is 0.0526. The van der Waals surface area contributed by atoms with E-state index in [4.69, 9.17) is 0 Å². The molecule has 0 unspecified atom stereocenters. The summed E-state index contributed by atoms with van der Waals surface area (Å²) in [5.74, 6) is 0.265. The van der Waals surface area contributed by atoms with Crippen LogP contribution in [0.3, 0.4) is 0 Å². The van der Waals surface area contributed by atoms with E-state index in [9.17, 15) is 5.11 Å². The second kappa shape index (κ2) is 5.71. The number of para-hydroxylation sites is 1. The molecular formula is C19H17NO. The van der Waals surface area contributed by atoms with Crippen molar-refractivity contribution in [3.63, 3.8) is 0 Å². The summed E-state index contributed by atoms with van der Waals surface area (Å²) in [6.45, 7) is 2.08. The molecule has 0 heterocycles. The van der Waals surface area contributed by atoms with Gasteiger partial charge in [-0.05, 0) is 48.9 Å². The summed E-state index contributed by atoms with van der Waals surface area (Å²) < 4.78 is 0. The molecule has 0 saturated heterocycles. The van der Waals surface area contributed by atoms with Crippen molar-refractivity contribution in [2.75, 3.05) is 4.90 Å². The molecule has 0 aliphatic rings. The SMILES string of the molecule is Cc1cccc(N(c2ccccc2)c2cccc(O)c2)c1. The quantitative estimate of drug-likeness (QED) is 0.712. The Bertz CT molecular complexity index is 692. The van der Waals surface area contributed by atoms with E-state index in [0.29, 0.717) is 0 Å². The average molecular weight is 275 g/mol. The van der Waals surface area contributed by atoms with Gasteiger partial charge in [-0.15, -0.1) is 0 Å². The van der Waals surface area contributed by atoms with E-state index in [-0.39, 0.29) is 5.75 Å². The summed E-state index contributed by atoms with van der Waals surface area (Å²) in [6, 6.07) is 25.8. The number of rotatable bonds is 3. The highest BCUT2D eigenvalue weighted by molar-refractivity contribution is 5.77. The standard InChI is InChI=1S/C19H17NO/c1-15-7-5-10-17(13-15)20(16-8-3-2-4-9-16)18-11-6-12-19(21)14-18/h2-14,21H,1H3. The van der Waals surface area contributed by atoms with Gasteiger partial charge in [-0.3, -0.25) is 0 Å². The van der Waals surface area contributed by atoms with Gasteiger partial charge >= 0.3 is 0 Å². The van der Waals surface area contributed by atoms with Crippen LogP contribution in [0.1, 0.15) is 5.56 Å². The van der Waals surface area contributed by atoms with Gasteiger partial charge in [0.05, 0.1) is 0 Å². The van der Waals surface area contributed by atoms with E-state index in [2.05, 4.69) is 42.2 Å². The van der Waals surface area contributed by atoms with Crippen molar-refractivity contribution in [2.24, 2.45) is 0 Å². The number of hydrogen-bond donors (Lipinski definition) is 1. The van der Waals surface area contributed by atoms with Crippen molar-refractivity contribution >= 4 is 17.1 Å². The fourth-order valence-electron chi connectivity index (χ4n) is 2.42. The Morgan fingerprint density at radius 1 is 0.667 bits per heavy atom. The van der Waals surface area contributed by atoms with Crippen LogP contribution in [0.5, 0.6) is 5.75 Å². The molecule has 0 aliphatic carbocycles. The lowest BCUT2D eigenvalue weighted by molar-refractivity contribution is 0.475. The number of nitrogens with zero attached hydrogens (tertiary/aromatic N) is 1. The van der Waals surface area contributed by atoms with Crippen molar-refractivity contribution in [1.82, 2.24) is 0 Å². The number of benzene rings is 3. The van der Waals surface area contributed by atoms with Crippen molar-refractivity contribution in [1.29, 1.82) is 0 Å². The lowest BCUT2D eigenvalue weighted by Gasteiger charge is -2.25. The molecule has 0 amide bonds. The van der Waals surface area contributed by atoms with Crippen LogP contribution in [0, 0.1) is 6.92 Å². The maximum atomic E-state index is 9.78. The molecule has 21 heavy (non-hydrogen) atoms. The number of aryl methyl sites for hydroxylation is 1. The zero-order chi connectivity index (χ0) is 14.7. The number of phenols is 1. The van der Waals surface area contributed by atoms with E-state index >= 15 is 0 Å². The first-order valence-electron chi connectivity index (χ1n) is 6.95. The Labute approximate surface area is 124 Å². The molecule has 0 bridgehead atoms. The first-order chi connectivity index (χ1) is 10.2. The van der Waals surface area contributed by atoms with E-state index < -0.39 is 0 Å². The van der Waals surface area contributed by atoms with Gasteiger partial charge in [-0.1, -0.05) is 36.4 Å². The Balaban J connectivity index is 2.16. The van der Waals surface area contributed by atoms with Crippen molar-refractivity contribution in [2.45, 2.75) is 6.92 Å². The molecule has 0 atom stereocenters. The molecule has 2 nitrogen and oxygen atoms in total. The summed E-state index contributed by atoms with van der Waals surface area (Å²) in [5.41, 5.74) is 4.28. The number of aromatic hydroxyl groups is 1. The van der Waals surface area contributed by atoms with Crippen molar-refractivity contribution in [3.05, 3.63) is 84.4 Å². The maximum Gasteiger partial charge on any atom is 0.117 e. The van der Waals surface area contributed by atoms with Crippen LogP contribution in [-0.2, 0) is 0 Å². The predicted molar refractivity (Wildman–Crippen MR) is 87.5 cm³/mol. The largest absolute Gasteiger partial charge is 0.508 e. The van der Waals surface area contributed by atoms with Crippen LogP contribution in [-0.4, -0.2) is 5.11 Å². The van der Waals surface area contributed by atoms with Gasteiger partial charge in [-0.2, -0.15) is 0 Å². The molecular weight excluding hydrogens is 258 g/mol. The van der Waals surface area contributed by atoms with Crippen LogP contribution < -0.4 is 4.90 Å². The third-order valence-corrected chi connectivity index (χ3v) is 3.36. The Morgan fingerprint density at radius 2 is 1.29 bits per heavy atom. The second-order valence-electron chi connectivity index (χ2n) is 5.03. The first kappa shape index (κ1) is 13.3. The molecule has 0 aromatic heterocycles. The van der Waals surface area contributed by atoms with Gasteiger partial charge < -0.3 is 10.0 Å². The smallest absolute Gasteiger partial charge is 0.117 e. The van der Waals surface area contributed by atoms with Crippen LogP contribution in [0.25, 0.3) is 0 Å². The summed E-state index contributed by atoms with van der Waals surface area (Å²) in [6.07, 6.45) is 0. The number of anilines is 3. The lowest BCUT2D eigenvalue weighted by atomic mass is 10.1. The van der Waals surface area contributed by atoms with Crippen molar-refractivity contribution in [3.8, 4) is 5.75 Å². The van der Waals surface area contributed by atoms with Gasteiger partial charge in [-0.25, -0.2) is 0 Å². The third kappa shape index (κ3) is 2.90. The van der Waals surface area contributed by atoms with Gasteiger partial charge in [0.2, 0.25) is 0 Å². The molecule has 0 spiro atoms. The minimum atomic E-state index is 0.265. The molecule has 3 rings (SSSR count). The molecule has 2 heteroatoms. The third-order valence-electron chi connectivity index (χ3n) is 3.36. The second-order valence-corrected chi connectivity index (χ2v) is 5.03. The zero-order valence-electron chi connectivity index (χ0n) is 11.9. The highest BCUT2D eigenvalue weighted by atomic mass is 16.3. The summed E-state index contributed by atoms with van der Waals surface area (Å²) in [4.78, 5) is 2.13. The van der Waals surface area contributed by atoms with Gasteiger partial charge in [0.25, 0.3) is 0 Å². The van der Waals surface area contributed by atoms with Crippen LogP contribution in [0.4, 0.5) is 17.1 Å². The normalized spacial score (nSPS) is 10.3. The minimum absolute atomic E-state index is 0.265. The van der Waals surface area contributed by atoms with Crippen LogP contribution in [0.2, 0.25) is 0 Å². The molecule has 0 radical (unpaired) electrons. The van der Waals surface area contributed by atoms with E-state index in [0.717, 1.165) is 17.1 Å². The van der Waals surface area contributed by atoms with E-state index in [1.165, 1.54) is 5.56 Å². The number of hydrogen-bond acceptors (Lipinski definition) is 2. The summed E-state index contributed by atoms with van der Waals surface area (Å²) >= 11 is 0. The summed E-state index contributed by atoms with van der Waals surface area (Å²) in [7, 11) is 0. The summed E-state index contributed by atoms with van der Waals surface area (Å²) in [5, 5.41) is 9.78. The lowest BCUT2D eigenvalue weighted by Crippen LogP contribution is -2.09. The molecule has 0 aliphatic heterocycles. The predicted octanol–water partition coefficient (Wildman–Crippen LogP) is 5.17. The van der Waals surface area contributed by atoms with Gasteiger partial charge in [0, 0.05) is 23.1 Å². The van der Waals surface area contributed by atoms with E-state index in [1.54, 1.807) is 12.1 Å². The Morgan fingerprint density at radius 3 is 1.95 bits per heavy atom. The highest BCUT2D eigenvalue weighted by Crippen LogP contribution is 2.35. The minimum Gasteiger partial charge on any atom is -0.508 e. The number of phenolic OH excluding ortho intramolecular Hbond substituents is 1. The monoisotopic (exact) mass is 275 g/mol. The van der Waals surface area contributed by atoms with Crippen LogP contribution in [0.15, 0.2) is 78.9 Å². The Kier molecular flexibility index (Phi) is 3.61. The van der Waals surface area contributed by atoms with Crippen molar-refractivity contribution < 1.29 is 5.11 Å². The fourth-order valence-corrected chi connectivity index (χ4v) is 2.42. The molecule has 0 fully saturated rings. The molecule has 3 aromatic carbocycles. The van der Waals surface area contributed by atoms with Gasteiger partial charge in [0.1, 0.15) is 5.75 Å². The maximum absolute atomic E-state index is 9.78. The molecule has 104 valence electrons. The molecule has 1 N–H and O–H groups in total. The zero-order valence-corrected chi connectivity index (χ0v) is 11.9. The first-order valence-corrected chi connectivity index (χ1v) is 6.95. The topological polar surface area (TPSA) is 23.5 Å². The van der Waals surface area contributed by atoms with E-state index in [1.807, 2.05) is 36.4 Å².